The van der Waals surface area contributed by atoms with Crippen molar-refractivity contribution in [2.75, 3.05) is 51.8 Å². The van der Waals surface area contributed by atoms with Gasteiger partial charge in [-0.25, -0.2) is 4.79 Å². The largest absolute Gasteiger partial charge is 0.383 e. The summed E-state index contributed by atoms with van der Waals surface area (Å²) in [7, 11) is 1.56. The van der Waals surface area contributed by atoms with Gasteiger partial charge in [-0.05, 0) is 30.5 Å². The van der Waals surface area contributed by atoms with Crippen molar-refractivity contribution in [2.45, 2.75) is 26.2 Å². The lowest BCUT2D eigenvalue weighted by molar-refractivity contribution is -0.139. The minimum Gasteiger partial charge on any atom is -0.383 e. The van der Waals surface area contributed by atoms with E-state index in [0.29, 0.717) is 31.9 Å². The van der Waals surface area contributed by atoms with Gasteiger partial charge >= 0.3 is 6.03 Å². The van der Waals surface area contributed by atoms with Gasteiger partial charge in [0.1, 0.15) is 6.54 Å². The third kappa shape index (κ3) is 6.84. The minimum atomic E-state index is -0.307. The fraction of sp³-hybridized carbons (Fsp3) is 0.550. The average Bonchev–Trinajstić information content (AvgIpc) is 2.69. The molecule has 0 unspecified atom stereocenters. The van der Waals surface area contributed by atoms with E-state index in [1.165, 1.54) is 15.4 Å². The number of rotatable bonds is 9. The van der Waals surface area contributed by atoms with E-state index >= 15 is 0 Å². The monoisotopic (exact) mass is 390 g/mol. The highest BCUT2D eigenvalue weighted by molar-refractivity contribution is 5.94. The molecule has 1 saturated heterocycles. The number of piperazine rings is 1. The van der Waals surface area contributed by atoms with Crippen LogP contribution in [0.2, 0.25) is 0 Å². The van der Waals surface area contributed by atoms with E-state index in [4.69, 9.17) is 4.74 Å². The maximum Gasteiger partial charge on any atom is 0.322 e. The number of carbonyl (C=O) groups is 3. The quantitative estimate of drug-likeness (QED) is 0.625. The zero-order valence-corrected chi connectivity index (χ0v) is 16.7. The third-order valence-electron chi connectivity index (χ3n) is 4.59. The van der Waals surface area contributed by atoms with E-state index in [1.807, 2.05) is 24.3 Å². The lowest BCUT2D eigenvalue weighted by Crippen LogP contribution is -2.55. The number of hydrogen-bond donors (Lipinski definition) is 2. The molecule has 0 atom stereocenters. The van der Waals surface area contributed by atoms with E-state index in [0.717, 1.165) is 19.3 Å². The summed E-state index contributed by atoms with van der Waals surface area (Å²) in [5.41, 5.74) is 1.95. The normalized spacial score (nSPS) is 14.1. The van der Waals surface area contributed by atoms with Gasteiger partial charge in [-0.1, -0.05) is 25.5 Å². The van der Waals surface area contributed by atoms with Crippen LogP contribution in [0.5, 0.6) is 0 Å². The predicted molar refractivity (Wildman–Crippen MR) is 107 cm³/mol. The van der Waals surface area contributed by atoms with Crippen LogP contribution in [0.4, 0.5) is 10.5 Å². The van der Waals surface area contributed by atoms with Crippen LogP contribution in [-0.4, -0.2) is 74.1 Å². The molecule has 2 rings (SSSR count). The standard InChI is InChI=1S/C20H30N4O4/c1-3-4-5-16-6-8-17(9-7-16)22-20(27)24-12-11-23(19(26)15-24)14-18(25)21-10-13-28-2/h6-9H,3-5,10-15H2,1-2H3,(H,21,25)(H,22,27). The molecule has 1 aliphatic heterocycles. The summed E-state index contributed by atoms with van der Waals surface area (Å²) in [6.07, 6.45) is 3.32. The van der Waals surface area contributed by atoms with Crippen LogP contribution in [-0.2, 0) is 20.7 Å². The number of anilines is 1. The summed E-state index contributed by atoms with van der Waals surface area (Å²) >= 11 is 0. The van der Waals surface area contributed by atoms with E-state index in [9.17, 15) is 14.4 Å². The third-order valence-corrected chi connectivity index (χ3v) is 4.59. The first-order chi connectivity index (χ1) is 13.5. The molecule has 8 heteroatoms. The van der Waals surface area contributed by atoms with Crippen LogP contribution in [0.15, 0.2) is 24.3 Å². The van der Waals surface area contributed by atoms with Crippen LogP contribution in [0.25, 0.3) is 0 Å². The number of aryl methyl sites for hydroxylation is 1. The molecule has 0 bridgehead atoms. The van der Waals surface area contributed by atoms with Gasteiger partial charge < -0.3 is 25.2 Å². The van der Waals surface area contributed by atoms with Gasteiger partial charge in [-0.15, -0.1) is 0 Å². The fourth-order valence-corrected chi connectivity index (χ4v) is 2.91. The average molecular weight is 390 g/mol. The molecule has 8 nitrogen and oxygen atoms in total. The van der Waals surface area contributed by atoms with Gasteiger partial charge in [0, 0.05) is 32.4 Å². The van der Waals surface area contributed by atoms with Gasteiger partial charge in [0.15, 0.2) is 0 Å². The second-order valence-electron chi connectivity index (χ2n) is 6.81. The molecule has 0 saturated carbocycles. The number of ether oxygens (including phenoxy) is 1. The Kier molecular flexibility index (Phi) is 8.74. The summed E-state index contributed by atoms with van der Waals surface area (Å²) in [5.74, 6) is -0.468. The van der Waals surface area contributed by atoms with Crippen molar-refractivity contribution in [1.82, 2.24) is 15.1 Å². The number of unbranched alkanes of at least 4 members (excludes halogenated alkanes) is 1. The lowest BCUT2D eigenvalue weighted by atomic mass is 10.1. The smallest absolute Gasteiger partial charge is 0.322 e. The maximum absolute atomic E-state index is 12.4. The molecule has 1 aromatic rings. The first-order valence-electron chi connectivity index (χ1n) is 9.71. The molecule has 28 heavy (non-hydrogen) atoms. The van der Waals surface area contributed by atoms with E-state index < -0.39 is 0 Å². The highest BCUT2D eigenvalue weighted by atomic mass is 16.5. The van der Waals surface area contributed by atoms with Gasteiger partial charge in [-0.3, -0.25) is 9.59 Å². The van der Waals surface area contributed by atoms with Gasteiger partial charge in [0.2, 0.25) is 11.8 Å². The van der Waals surface area contributed by atoms with Crippen molar-refractivity contribution in [2.24, 2.45) is 0 Å². The van der Waals surface area contributed by atoms with Crippen LogP contribution in [0.1, 0.15) is 25.3 Å². The fourth-order valence-electron chi connectivity index (χ4n) is 2.91. The van der Waals surface area contributed by atoms with Crippen LogP contribution in [0, 0.1) is 0 Å². The van der Waals surface area contributed by atoms with Crippen molar-refractivity contribution in [3.63, 3.8) is 0 Å². The Balaban J connectivity index is 1.78. The second-order valence-corrected chi connectivity index (χ2v) is 6.81. The Morgan fingerprint density at radius 1 is 1.18 bits per heavy atom. The van der Waals surface area contributed by atoms with Crippen LogP contribution >= 0.6 is 0 Å². The Bertz CT molecular complexity index is 663. The lowest BCUT2D eigenvalue weighted by Gasteiger charge is -2.33. The zero-order valence-electron chi connectivity index (χ0n) is 16.7. The first-order valence-corrected chi connectivity index (χ1v) is 9.71. The van der Waals surface area contributed by atoms with Crippen molar-refractivity contribution >= 4 is 23.5 Å². The van der Waals surface area contributed by atoms with Crippen molar-refractivity contribution in [3.8, 4) is 0 Å². The number of nitrogens with zero attached hydrogens (tertiary/aromatic N) is 2. The molecule has 1 aromatic carbocycles. The summed E-state index contributed by atoms with van der Waals surface area (Å²) in [6.45, 7) is 3.67. The molecular weight excluding hydrogens is 360 g/mol. The zero-order chi connectivity index (χ0) is 20.4. The molecule has 1 heterocycles. The molecule has 2 N–H and O–H groups in total. The Labute approximate surface area is 166 Å². The molecule has 1 aliphatic rings. The number of carbonyl (C=O) groups excluding carboxylic acids is 3. The van der Waals surface area contributed by atoms with E-state index in [2.05, 4.69) is 17.6 Å². The molecule has 154 valence electrons. The van der Waals surface area contributed by atoms with Crippen molar-refractivity contribution in [1.29, 1.82) is 0 Å². The van der Waals surface area contributed by atoms with E-state index in [-0.39, 0.29) is 30.9 Å². The van der Waals surface area contributed by atoms with E-state index in [1.54, 1.807) is 7.11 Å². The van der Waals surface area contributed by atoms with Crippen LogP contribution in [0.3, 0.4) is 0 Å². The van der Waals surface area contributed by atoms with Gasteiger partial charge in [0.05, 0.1) is 13.2 Å². The molecule has 0 radical (unpaired) electrons. The molecular formula is C20H30N4O4. The summed E-state index contributed by atoms with van der Waals surface area (Å²) in [5, 5.41) is 5.51. The molecule has 4 amide bonds. The van der Waals surface area contributed by atoms with Gasteiger partial charge in [-0.2, -0.15) is 0 Å². The number of urea groups is 1. The summed E-state index contributed by atoms with van der Waals surface area (Å²) in [6, 6.07) is 7.47. The Morgan fingerprint density at radius 2 is 1.93 bits per heavy atom. The molecule has 1 fully saturated rings. The first kappa shape index (κ1) is 21.7. The minimum absolute atomic E-state index is 0.00275. The molecule has 0 spiro atoms. The van der Waals surface area contributed by atoms with Crippen molar-refractivity contribution < 1.29 is 19.1 Å². The highest BCUT2D eigenvalue weighted by Gasteiger charge is 2.28. The second kappa shape index (κ2) is 11.3. The van der Waals surface area contributed by atoms with Crippen molar-refractivity contribution in [3.05, 3.63) is 29.8 Å². The number of nitrogens with one attached hydrogen (secondary N) is 2. The number of amides is 4. The SMILES string of the molecule is CCCCc1ccc(NC(=O)N2CCN(CC(=O)NCCOC)C(=O)C2)cc1. The number of benzene rings is 1. The molecule has 0 aromatic heterocycles. The number of hydrogen-bond acceptors (Lipinski definition) is 4. The Hall–Kier alpha value is -2.61. The summed E-state index contributed by atoms with van der Waals surface area (Å²) < 4.78 is 4.87. The number of methoxy groups -OCH3 is 1. The predicted octanol–water partition coefficient (Wildman–Crippen LogP) is 1.47. The summed E-state index contributed by atoms with van der Waals surface area (Å²) in [4.78, 5) is 39.5. The van der Waals surface area contributed by atoms with Crippen LogP contribution < -0.4 is 10.6 Å². The Morgan fingerprint density at radius 3 is 2.57 bits per heavy atom. The topological polar surface area (TPSA) is 91.0 Å². The highest BCUT2D eigenvalue weighted by Crippen LogP contribution is 2.13. The van der Waals surface area contributed by atoms with Gasteiger partial charge in [0.25, 0.3) is 0 Å². The molecule has 0 aliphatic carbocycles. The maximum atomic E-state index is 12.4.